The summed E-state index contributed by atoms with van der Waals surface area (Å²) in [6, 6.07) is 0. The molecule has 0 bridgehead atoms. The minimum absolute atomic E-state index is 0.552. The number of halogens is 1. The lowest BCUT2D eigenvalue weighted by molar-refractivity contribution is 0.446. The van der Waals surface area contributed by atoms with Crippen LogP contribution in [0.2, 0.25) is 0 Å². The third-order valence-electron chi connectivity index (χ3n) is 1.49. The van der Waals surface area contributed by atoms with Gasteiger partial charge in [-0.25, -0.2) is 0 Å². The second-order valence-electron chi connectivity index (χ2n) is 2.31. The Balaban J connectivity index is 2.57. The first kappa shape index (κ1) is 9.64. The van der Waals surface area contributed by atoms with E-state index >= 15 is 0 Å². The molecule has 0 aromatic rings. The van der Waals surface area contributed by atoms with Crippen molar-refractivity contribution in [2.24, 2.45) is 0 Å². The standard InChI is InChI=1S/C5H10ClNO2S2/c6-11(8,9)7-2-1-4-10-5-3-7/h1-5H2. The summed E-state index contributed by atoms with van der Waals surface area (Å²) in [6.07, 6.45) is 0.899. The van der Waals surface area contributed by atoms with Crippen LogP contribution in [0, 0.1) is 0 Å². The fraction of sp³-hybridized carbons (Fsp3) is 1.00. The van der Waals surface area contributed by atoms with Gasteiger partial charge in [0.15, 0.2) is 0 Å². The Kier molecular flexibility index (Phi) is 3.49. The number of hydrogen-bond acceptors (Lipinski definition) is 3. The second kappa shape index (κ2) is 3.98. The van der Waals surface area contributed by atoms with Crippen LogP contribution in [-0.4, -0.2) is 37.3 Å². The molecule has 0 unspecified atom stereocenters. The molecule has 0 radical (unpaired) electrons. The van der Waals surface area contributed by atoms with Gasteiger partial charge < -0.3 is 0 Å². The molecule has 0 aliphatic carbocycles. The zero-order chi connectivity index (χ0) is 8.32. The van der Waals surface area contributed by atoms with Gasteiger partial charge in [-0.3, -0.25) is 0 Å². The van der Waals surface area contributed by atoms with E-state index in [1.54, 1.807) is 11.8 Å². The topological polar surface area (TPSA) is 37.4 Å². The highest BCUT2D eigenvalue weighted by atomic mass is 35.7. The molecule has 1 aliphatic rings. The molecule has 1 heterocycles. The predicted octanol–water partition coefficient (Wildman–Crippen LogP) is 0.909. The molecule has 3 nitrogen and oxygen atoms in total. The third-order valence-corrected chi connectivity index (χ3v) is 4.11. The molecule has 1 saturated heterocycles. The summed E-state index contributed by atoms with van der Waals surface area (Å²) in [7, 11) is 1.72. The molecule has 0 N–H and O–H groups in total. The van der Waals surface area contributed by atoms with Gasteiger partial charge in [-0.05, 0) is 12.2 Å². The largest absolute Gasteiger partial charge is 0.299 e. The predicted molar refractivity (Wildman–Crippen MR) is 48.3 cm³/mol. The average Bonchev–Trinajstić information content (AvgIpc) is 2.10. The van der Waals surface area contributed by atoms with Crippen LogP contribution in [-0.2, 0) is 9.24 Å². The lowest BCUT2D eigenvalue weighted by atomic mass is 10.5. The highest BCUT2D eigenvalue weighted by Gasteiger charge is 2.19. The fourth-order valence-electron chi connectivity index (χ4n) is 0.941. The lowest BCUT2D eigenvalue weighted by Crippen LogP contribution is -2.29. The molecule has 6 heteroatoms. The van der Waals surface area contributed by atoms with Crippen molar-refractivity contribution in [3.8, 4) is 0 Å². The number of thioether (sulfide) groups is 1. The van der Waals surface area contributed by atoms with E-state index in [9.17, 15) is 8.42 Å². The molecule has 1 rings (SSSR count). The number of hydrogen-bond donors (Lipinski definition) is 0. The monoisotopic (exact) mass is 215 g/mol. The summed E-state index contributed by atoms with van der Waals surface area (Å²) in [5.41, 5.74) is 0. The smallest absolute Gasteiger partial charge is 0.195 e. The van der Waals surface area contributed by atoms with Crippen LogP contribution in [0.3, 0.4) is 0 Å². The normalized spacial score (nSPS) is 23.0. The molecule has 0 amide bonds. The van der Waals surface area contributed by atoms with E-state index in [-0.39, 0.29) is 0 Å². The van der Waals surface area contributed by atoms with Crippen LogP contribution in [0.4, 0.5) is 0 Å². The first-order chi connectivity index (χ1) is 5.11. The zero-order valence-corrected chi connectivity index (χ0v) is 8.38. The summed E-state index contributed by atoms with van der Waals surface area (Å²) in [6.45, 7) is 1.12. The molecule has 0 atom stereocenters. The number of nitrogens with zero attached hydrogens (tertiary/aromatic N) is 1. The van der Waals surface area contributed by atoms with Crippen molar-refractivity contribution in [2.75, 3.05) is 24.6 Å². The number of rotatable bonds is 1. The van der Waals surface area contributed by atoms with Crippen LogP contribution in [0.5, 0.6) is 0 Å². The molecule has 1 fully saturated rings. The van der Waals surface area contributed by atoms with Gasteiger partial charge in [0.2, 0.25) is 0 Å². The summed E-state index contributed by atoms with van der Waals surface area (Å²) >= 11 is 1.77. The molecular weight excluding hydrogens is 206 g/mol. The zero-order valence-electron chi connectivity index (χ0n) is 5.99. The highest BCUT2D eigenvalue weighted by Crippen LogP contribution is 2.14. The first-order valence-electron chi connectivity index (χ1n) is 3.38. The highest BCUT2D eigenvalue weighted by molar-refractivity contribution is 8.11. The van der Waals surface area contributed by atoms with Crippen LogP contribution in [0.25, 0.3) is 0 Å². The van der Waals surface area contributed by atoms with E-state index in [0.717, 1.165) is 17.9 Å². The fourth-order valence-corrected chi connectivity index (χ4v) is 3.01. The minimum atomic E-state index is -3.46. The summed E-state index contributed by atoms with van der Waals surface area (Å²) in [4.78, 5) is 0. The third kappa shape index (κ3) is 3.19. The Morgan fingerprint density at radius 1 is 1.27 bits per heavy atom. The second-order valence-corrected chi connectivity index (χ2v) is 6.04. The molecule has 1 aliphatic heterocycles. The maximum Gasteiger partial charge on any atom is 0.299 e. The van der Waals surface area contributed by atoms with Gasteiger partial charge in [-0.15, -0.1) is 0 Å². The van der Waals surface area contributed by atoms with Crippen molar-refractivity contribution in [2.45, 2.75) is 6.42 Å². The quantitative estimate of drug-likeness (QED) is 0.611. The summed E-state index contributed by atoms with van der Waals surface area (Å²) in [5.74, 6) is 1.88. The van der Waals surface area contributed by atoms with Crippen LogP contribution in [0.1, 0.15) is 6.42 Å². The summed E-state index contributed by atoms with van der Waals surface area (Å²) in [5, 5.41) is 0. The van der Waals surface area contributed by atoms with Gasteiger partial charge in [0.25, 0.3) is 9.24 Å². The Labute approximate surface area is 75.6 Å². The van der Waals surface area contributed by atoms with Crippen molar-refractivity contribution in [1.29, 1.82) is 0 Å². The van der Waals surface area contributed by atoms with E-state index in [1.807, 2.05) is 0 Å². The van der Waals surface area contributed by atoms with Gasteiger partial charge in [-0.1, -0.05) is 0 Å². The molecule has 0 saturated carbocycles. The van der Waals surface area contributed by atoms with Gasteiger partial charge >= 0.3 is 0 Å². The van der Waals surface area contributed by atoms with Gasteiger partial charge in [0.05, 0.1) is 0 Å². The van der Waals surface area contributed by atoms with Crippen molar-refractivity contribution in [3.05, 3.63) is 0 Å². The SMILES string of the molecule is O=S(=O)(Cl)N1CCCSCC1. The van der Waals surface area contributed by atoms with E-state index in [4.69, 9.17) is 10.7 Å². The molecule has 0 aromatic heterocycles. The van der Waals surface area contributed by atoms with E-state index in [1.165, 1.54) is 4.31 Å². The Morgan fingerprint density at radius 3 is 2.64 bits per heavy atom. The van der Waals surface area contributed by atoms with Crippen molar-refractivity contribution in [1.82, 2.24) is 4.31 Å². The molecule has 66 valence electrons. The van der Waals surface area contributed by atoms with Crippen LogP contribution in [0.15, 0.2) is 0 Å². The average molecular weight is 216 g/mol. The van der Waals surface area contributed by atoms with Gasteiger partial charge in [0.1, 0.15) is 0 Å². The minimum Gasteiger partial charge on any atom is -0.195 e. The maximum atomic E-state index is 10.8. The van der Waals surface area contributed by atoms with E-state index < -0.39 is 9.24 Å². The molecule has 0 spiro atoms. The van der Waals surface area contributed by atoms with Crippen LogP contribution >= 0.6 is 22.4 Å². The molecule has 0 aromatic carbocycles. The van der Waals surface area contributed by atoms with Gasteiger partial charge in [-0.2, -0.15) is 24.5 Å². The Morgan fingerprint density at radius 2 is 2.00 bits per heavy atom. The molecule has 11 heavy (non-hydrogen) atoms. The van der Waals surface area contributed by atoms with E-state index in [0.29, 0.717) is 13.1 Å². The molecular formula is C5H10ClNO2S2. The van der Waals surface area contributed by atoms with Gasteiger partial charge in [0, 0.05) is 29.5 Å². The first-order valence-corrected chi connectivity index (χ1v) is 6.80. The summed E-state index contributed by atoms with van der Waals surface area (Å²) < 4.78 is 23.0. The Bertz CT molecular complexity index is 209. The maximum absolute atomic E-state index is 10.8. The lowest BCUT2D eigenvalue weighted by Gasteiger charge is -2.13. The van der Waals surface area contributed by atoms with Crippen molar-refractivity contribution >= 4 is 31.7 Å². The van der Waals surface area contributed by atoms with E-state index in [2.05, 4.69) is 0 Å². The Hall–Kier alpha value is 0.550. The van der Waals surface area contributed by atoms with Crippen molar-refractivity contribution < 1.29 is 8.42 Å². The van der Waals surface area contributed by atoms with Crippen molar-refractivity contribution in [3.63, 3.8) is 0 Å². The van der Waals surface area contributed by atoms with Crippen LogP contribution < -0.4 is 0 Å².